The fourth-order valence-electron chi connectivity index (χ4n) is 5.60. The number of aryl methyl sites for hydroxylation is 1. The average Bonchev–Trinajstić information content (AvgIpc) is 3.51. The van der Waals surface area contributed by atoms with Crippen molar-refractivity contribution < 1.29 is 4.79 Å². The molecule has 2 atom stereocenters. The first-order chi connectivity index (χ1) is 15.2. The van der Waals surface area contributed by atoms with E-state index in [-0.39, 0.29) is 5.78 Å². The Hall–Kier alpha value is -2.22. The molecule has 0 amide bonds. The lowest BCUT2D eigenvalue weighted by Gasteiger charge is -2.34. The molecule has 0 N–H and O–H groups in total. The maximum absolute atomic E-state index is 11.1. The van der Waals surface area contributed by atoms with Gasteiger partial charge in [0.1, 0.15) is 5.78 Å². The summed E-state index contributed by atoms with van der Waals surface area (Å²) in [6, 6.07) is 8.54. The van der Waals surface area contributed by atoms with Crippen molar-refractivity contribution >= 4 is 17.2 Å². The lowest BCUT2D eigenvalue weighted by atomic mass is 9.71. The summed E-state index contributed by atoms with van der Waals surface area (Å²) in [5.74, 6) is 1.92. The van der Waals surface area contributed by atoms with Gasteiger partial charge in [-0.05, 0) is 98.3 Å². The molecule has 3 aliphatic carbocycles. The summed E-state index contributed by atoms with van der Waals surface area (Å²) in [4.78, 5) is 16.1. The molecule has 0 aliphatic heterocycles. The zero-order valence-corrected chi connectivity index (χ0v) is 20.5. The number of nitrogens with zero attached hydrogens (tertiary/aromatic N) is 1. The van der Waals surface area contributed by atoms with Gasteiger partial charge in [-0.15, -0.1) is 0 Å². The van der Waals surface area contributed by atoms with Gasteiger partial charge in [0.2, 0.25) is 0 Å². The van der Waals surface area contributed by atoms with Crippen molar-refractivity contribution in [1.82, 2.24) is 0 Å². The SMILES string of the molecule is C=C(N=C(C)CC1=C2CCC(C)(C)CC2=CC[C@H]2CC12)c1ccc(CCCC(C)=O)cc1. The lowest BCUT2D eigenvalue weighted by Crippen LogP contribution is -2.20. The summed E-state index contributed by atoms with van der Waals surface area (Å²) in [6.45, 7) is 12.9. The number of allylic oxidation sites excluding steroid dienone is 4. The molecule has 2 fully saturated rings. The van der Waals surface area contributed by atoms with Crippen molar-refractivity contribution in [3.8, 4) is 0 Å². The molecule has 170 valence electrons. The summed E-state index contributed by atoms with van der Waals surface area (Å²) in [5, 5.41) is 0. The van der Waals surface area contributed by atoms with Crippen LogP contribution >= 0.6 is 0 Å². The van der Waals surface area contributed by atoms with Crippen LogP contribution in [0.5, 0.6) is 0 Å². The Bertz CT molecular complexity index is 986. The molecule has 3 aliphatic rings. The van der Waals surface area contributed by atoms with E-state index in [1.54, 1.807) is 23.6 Å². The summed E-state index contributed by atoms with van der Waals surface area (Å²) < 4.78 is 0. The van der Waals surface area contributed by atoms with E-state index in [0.29, 0.717) is 11.8 Å². The number of rotatable bonds is 8. The predicted octanol–water partition coefficient (Wildman–Crippen LogP) is 7.89. The van der Waals surface area contributed by atoms with Gasteiger partial charge in [0.25, 0.3) is 0 Å². The van der Waals surface area contributed by atoms with Crippen molar-refractivity contribution in [2.24, 2.45) is 22.2 Å². The highest BCUT2D eigenvalue weighted by molar-refractivity contribution is 5.89. The van der Waals surface area contributed by atoms with Crippen LogP contribution < -0.4 is 0 Å². The molecule has 2 saturated carbocycles. The third-order valence-electron chi connectivity index (χ3n) is 7.59. The van der Waals surface area contributed by atoms with E-state index in [1.807, 2.05) is 0 Å². The van der Waals surface area contributed by atoms with Crippen LogP contribution in [0.15, 0.2) is 58.6 Å². The monoisotopic (exact) mass is 429 g/mol. The number of benzene rings is 1. The molecule has 0 spiro atoms. The van der Waals surface area contributed by atoms with Crippen LogP contribution in [-0.4, -0.2) is 11.5 Å². The minimum Gasteiger partial charge on any atom is -0.300 e. The van der Waals surface area contributed by atoms with E-state index in [0.717, 1.165) is 42.4 Å². The zero-order valence-electron chi connectivity index (χ0n) is 20.5. The molecule has 0 bridgehead atoms. The molecule has 4 rings (SSSR count). The number of aliphatic imine (C=N–C) groups is 1. The second kappa shape index (κ2) is 9.33. The second-order valence-corrected chi connectivity index (χ2v) is 11.1. The van der Waals surface area contributed by atoms with Gasteiger partial charge in [0.15, 0.2) is 0 Å². The van der Waals surface area contributed by atoms with E-state index in [4.69, 9.17) is 4.99 Å². The van der Waals surface area contributed by atoms with Gasteiger partial charge in [0.05, 0.1) is 5.70 Å². The number of carbonyl (C=O) groups excluding carboxylic acids is 1. The molecule has 32 heavy (non-hydrogen) atoms. The minimum atomic E-state index is 0.265. The van der Waals surface area contributed by atoms with E-state index in [1.165, 1.54) is 43.4 Å². The first kappa shape index (κ1) is 23.0. The van der Waals surface area contributed by atoms with Gasteiger partial charge in [-0.1, -0.05) is 56.3 Å². The quantitative estimate of drug-likeness (QED) is 0.386. The summed E-state index contributed by atoms with van der Waals surface area (Å²) in [5.41, 5.74) is 9.81. The first-order valence-electron chi connectivity index (χ1n) is 12.4. The molecule has 1 aromatic carbocycles. The number of carbonyl (C=O) groups is 1. The maximum atomic E-state index is 11.1. The van der Waals surface area contributed by atoms with Gasteiger partial charge in [-0.25, -0.2) is 0 Å². The molecule has 2 heteroatoms. The van der Waals surface area contributed by atoms with Gasteiger partial charge in [-0.3, -0.25) is 4.99 Å². The highest BCUT2D eigenvalue weighted by Crippen LogP contribution is 2.55. The Morgan fingerprint density at radius 2 is 1.94 bits per heavy atom. The molecule has 0 saturated heterocycles. The van der Waals surface area contributed by atoms with Gasteiger partial charge in [-0.2, -0.15) is 0 Å². The number of hydrogen-bond acceptors (Lipinski definition) is 2. The molecule has 0 radical (unpaired) electrons. The second-order valence-electron chi connectivity index (χ2n) is 11.1. The third-order valence-corrected chi connectivity index (χ3v) is 7.59. The Balaban J connectivity index is 1.44. The molecule has 1 unspecified atom stereocenters. The molecule has 0 heterocycles. The Kier molecular flexibility index (Phi) is 6.70. The van der Waals surface area contributed by atoms with Crippen molar-refractivity contribution in [3.63, 3.8) is 0 Å². The summed E-state index contributed by atoms with van der Waals surface area (Å²) in [7, 11) is 0. The maximum Gasteiger partial charge on any atom is 0.129 e. The van der Waals surface area contributed by atoms with Crippen molar-refractivity contribution in [2.75, 3.05) is 0 Å². The Morgan fingerprint density at radius 1 is 1.19 bits per heavy atom. The van der Waals surface area contributed by atoms with E-state index in [9.17, 15) is 4.79 Å². The van der Waals surface area contributed by atoms with E-state index >= 15 is 0 Å². The van der Waals surface area contributed by atoms with Gasteiger partial charge < -0.3 is 4.79 Å². The highest BCUT2D eigenvalue weighted by atomic mass is 16.1. The standard InChI is InChI=1S/C30H39NO/c1-20(31-22(3)24-11-9-23(10-12-24)8-6-7-21(2)32)17-29-27-15-16-30(4,5)19-26(27)14-13-25-18-28(25)29/h9-12,14,25,28H,3,6-8,13,15-19H2,1-2,4-5H3/t25-,28?/m0/s1. The van der Waals surface area contributed by atoms with Crippen molar-refractivity contribution in [3.05, 3.63) is 64.8 Å². The molecule has 2 nitrogen and oxygen atoms in total. The molecule has 1 aromatic rings. The molecular weight excluding hydrogens is 390 g/mol. The van der Waals surface area contributed by atoms with E-state index < -0.39 is 0 Å². The minimum absolute atomic E-state index is 0.265. The Morgan fingerprint density at radius 3 is 2.66 bits per heavy atom. The highest BCUT2D eigenvalue weighted by Gasteiger charge is 2.43. The summed E-state index contributed by atoms with van der Waals surface area (Å²) in [6.07, 6.45) is 12.5. The van der Waals surface area contributed by atoms with Crippen LogP contribution in [0, 0.1) is 17.3 Å². The van der Waals surface area contributed by atoms with Crippen molar-refractivity contribution in [1.29, 1.82) is 0 Å². The fraction of sp³-hybridized carbons (Fsp3) is 0.533. The average molecular weight is 430 g/mol. The van der Waals surface area contributed by atoms with E-state index in [2.05, 4.69) is 57.7 Å². The number of hydrogen-bond donors (Lipinski definition) is 0. The number of Topliss-reactive ketones (excluding diaryl/α,β-unsaturated/α-hetero) is 1. The van der Waals surface area contributed by atoms with Crippen LogP contribution in [0.1, 0.15) is 90.2 Å². The summed E-state index contributed by atoms with van der Waals surface area (Å²) >= 11 is 0. The Labute approximate surface area is 194 Å². The van der Waals surface area contributed by atoms with Gasteiger partial charge in [0, 0.05) is 18.6 Å². The largest absolute Gasteiger partial charge is 0.300 e. The normalized spacial score (nSPS) is 24.2. The lowest BCUT2D eigenvalue weighted by molar-refractivity contribution is -0.117. The number of fused-ring (bicyclic) bond motifs is 2. The van der Waals surface area contributed by atoms with Crippen LogP contribution in [0.4, 0.5) is 0 Å². The predicted molar refractivity (Wildman–Crippen MR) is 136 cm³/mol. The molecule has 0 aromatic heterocycles. The zero-order chi connectivity index (χ0) is 22.9. The fourth-order valence-corrected chi connectivity index (χ4v) is 5.60. The number of ketones is 1. The first-order valence-corrected chi connectivity index (χ1v) is 12.4. The van der Waals surface area contributed by atoms with Crippen LogP contribution in [0.25, 0.3) is 5.70 Å². The van der Waals surface area contributed by atoms with Gasteiger partial charge >= 0.3 is 0 Å². The van der Waals surface area contributed by atoms with Crippen LogP contribution in [0.3, 0.4) is 0 Å². The van der Waals surface area contributed by atoms with Crippen LogP contribution in [0.2, 0.25) is 0 Å². The van der Waals surface area contributed by atoms with Crippen molar-refractivity contribution in [2.45, 2.75) is 85.5 Å². The third kappa shape index (κ3) is 5.57. The smallest absolute Gasteiger partial charge is 0.129 e. The topological polar surface area (TPSA) is 29.4 Å². The molecular formula is C30H39NO. The van der Waals surface area contributed by atoms with Crippen LogP contribution in [-0.2, 0) is 11.2 Å².